The van der Waals surface area contributed by atoms with Gasteiger partial charge in [0.05, 0.1) is 10.0 Å². The van der Waals surface area contributed by atoms with Crippen molar-refractivity contribution < 1.29 is 0 Å². The fourth-order valence-corrected chi connectivity index (χ4v) is 4.81. The van der Waals surface area contributed by atoms with E-state index in [1.807, 2.05) is 40.0 Å². The normalized spacial score (nSPS) is 12.6. The number of benzene rings is 1. The molecule has 0 atom stereocenters. The van der Waals surface area contributed by atoms with Crippen molar-refractivity contribution in [2.75, 3.05) is 0 Å². The van der Waals surface area contributed by atoms with Crippen LogP contribution in [0, 0.1) is 20.8 Å². The molecule has 0 aliphatic heterocycles. The fraction of sp³-hybridized carbons (Fsp3) is 0.286. The van der Waals surface area contributed by atoms with Crippen molar-refractivity contribution in [3.8, 4) is 0 Å². The summed E-state index contributed by atoms with van der Waals surface area (Å²) in [6.45, 7) is 7.87. The van der Waals surface area contributed by atoms with Crippen LogP contribution in [0.1, 0.15) is 35.0 Å². The molecule has 0 saturated carbocycles. The molecule has 4 rings (SSSR count). The largest absolute Gasteiger partial charge is 0.347 e. The van der Waals surface area contributed by atoms with Crippen LogP contribution in [0.25, 0.3) is 21.9 Å². The number of rotatable bonds is 2. The van der Waals surface area contributed by atoms with E-state index in [2.05, 4.69) is 28.6 Å². The van der Waals surface area contributed by atoms with Gasteiger partial charge >= 0.3 is 0 Å². The van der Waals surface area contributed by atoms with Gasteiger partial charge in [0.15, 0.2) is 0 Å². The molecule has 0 amide bonds. The van der Waals surface area contributed by atoms with E-state index in [4.69, 9.17) is 0 Å². The standard InChI is InChI=1S/C21H21N3O2S/c1-6-14-12(3)22-21-24(19(14)25)20(26)17(27-21)10-16-13(4)23(5)18-11(2)8-7-9-15(16)18/h7-10H,6H2,1-5H3/b17-10-. The van der Waals surface area contributed by atoms with E-state index in [1.165, 1.54) is 21.3 Å². The summed E-state index contributed by atoms with van der Waals surface area (Å²) in [6, 6.07) is 6.19. The summed E-state index contributed by atoms with van der Waals surface area (Å²) in [4.78, 5) is 30.6. The Hall–Kier alpha value is -2.73. The Morgan fingerprint density at radius 1 is 1.15 bits per heavy atom. The van der Waals surface area contributed by atoms with Crippen LogP contribution >= 0.6 is 11.3 Å². The van der Waals surface area contributed by atoms with Gasteiger partial charge in [-0.2, -0.15) is 0 Å². The van der Waals surface area contributed by atoms with E-state index in [-0.39, 0.29) is 11.1 Å². The number of nitrogens with zero attached hydrogens (tertiary/aromatic N) is 3. The Morgan fingerprint density at radius 3 is 2.59 bits per heavy atom. The van der Waals surface area contributed by atoms with Gasteiger partial charge in [0.1, 0.15) is 0 Å². The molecule has 0 spiro atoms. The van der Waals surface area contributed by atoms with Crippen LogP contribution in [0.3, 0.4) is 0 Å². The van der Waals surface area contributed by atoms with Gasteiger partial charge in [0.2, 0.25) is 4.96 Å². The first-order chi connectivity index (χ1) is 12.8. The minimum Gasteiger partial charge on any atom is -0.347 e. The summed E-state index contributed by atoms with van der Waals surface area (Å²) in [5.74, 6) is 0. The molecule has 3 heterocycles. The zero-order valence-corrected chi connectivity index (χ0v) is 16.9. The molecule has 0 unspecified atom stereocenters. The number of hydrogen-bond acceptors (Lipinski definition) is 4. The third kappa shape index (κ3) is 2.47. The lowest BCUT2D eigenvalue weighted by Gasteiger charge is -2.01. The van der Waals surface area contributed by atoms with E-state index in [9.17, 15) is 9.59 Å². The van der Waals surface area contributed by atoms with Gasteiger partial charge in [-0.25, -0.2) is 9.38 Å². The Labute approximate surface area is 160 Å². The highest BCUT2D eigenvalue weighted by Gasteiger charge is 2.15. The van der Waals surface area contributed by atoms with Crippen LogP contribution in [0.15, 0.2) is 27.8 Å². The van der Waals surface area contributed by atoms with Crippen molar-refractivity contribution in [1.29, 1.82) is 0 Å². The number of aryl methyl sites for hydroxylation is 3. The maximum absolute atomic E-state index is 12.9. The number of aromatic nitrogens is 3. The average Bonchev–Trinajstić information content (AvgIpc) is 3.06. The summed E-state index contributed by atoms with van der Waals surface area (Å²) >= 11 is 1.27. The summed E-state index contributed by atoms with van der Waals surface area (Å²) in [5.41, 5.74) is 5.23. The van der Waals surface area contributed by atoms with Crippen molar-refractivity contribution in [3.63, 3.8) is 0 Å². The number of para-hydroxylation sites is 1. The molecule has 0 saturated heterocycles. The first-order valence-electron chi connectivity index (χ1n) is 8.96. The highest BCUT2D eigenvalue weighted by molar-refractivity contribution is 7.15. The lowest BCUT2D eigenvalue weighted by molar-refractivity contribution is 0.912. The zero-order valence-electron chi connectivity index (χ0n) is 16.1. The van der Waals surface area contributed by atoms with Gasteiger partial charge in [-0.05, 0) is 38.8 Å². The highest BCUT2D eigenvalue weighted by atomic mass is 32.1. The molecule has 0 radical (unpaired) electrons. The topological polar surface area (TPSA) is 56.4 Å². The minimum absolute atomic E-state index is 0.244. The molecule has 0 bridgehead atoms. The maximum Gasteiger partial charge on any atom is 0.277 e. The molecule has 0 aliphatic carbocycles. The Bertz CT molecular complexity index is 1390. The number of hydrogen-bond donors (Lipinski definition) is 0. The van der Waals surface area contributed by atoms with E-state index in [0.29, 0.717) is 27.2 Å². The Kier molecular flexibility index (Phi) is 4.03. The van der Waals surface area contributed by atoms with Crippen molar-refractivity contribution in [3.05, 3.63) is 71.5 Å². The second kappa shape index (κ2) is 6.16. The number of fused-ring (bicyclic) bond motifs is 2. The molecule has 0 fully saturated rings. The molecule has 6 heteroatoms. The van der Waals surface area contributed by atoms with Gasteiger partial charge in [-0.15, -0.1) is 0 Å². The van der Waals surface area contributed by atoms with E-state index in [1.54, 1.807) is 0 Å². The van der Waals surface area contributed by atoms with E-state index in [0.717, 1.165) is 22.2 Å². The monoisotopic (exact) mass is 379 g/mol. The van der Waals surface area contributed by atoms with Gasteiger partial charge in [-0.3, -0.25) is 9.59 Å². The van der Waals surface area contributed by atoms with Crippen molar-refractivity contribution in [2.24, 2.45) is 7.05 Å². The quantitative estimate of drug-likeness (QED) is 0.538. The molecule has 3 aromatic heterocycles. The first kappa shape index (κ1) is 17.7. The maximum atomic E-state index is 12.9. The van der Waals surface area contributed by atoms with E-state index >= 15 is 0 Å². The summed E-state index contributed by atoms with van der Waals surface area (Å²) in [7, 11) is 2.04. The van der Waals surface area contributed by atoms with Crippen LogP contribution in [0.5, 0.6) is 0 Å². The third-order valence-corrected chi connectivity index (χ3v) is 6.32. The Balaban J connectivity index is 2.11. The molecule has 5 nitrogen and oxygen atoms in total. The van der Waals surface area contributed by atoms with Crippen LogP contribution in [-0.2, 0) is 13.5 Å². The molecule has 27 heavy (non-hydrogen) atoms. The van der Waals surface area contributed by atoms with E-state index < -0.39 is 0 Å². The lowest BCUT2D eigenvalue weighted by Crippen LogP contribution is -2.33. The Morgan fingerprint density at radius 2 is 1.89 bits per heavy atom. The van der Waals surface area contributed by atoms with Crippen LogP contribution in [0.2, 0.25) is 0 Å². The summed E-state index contributed by atoms with van der Waals surface area (Å²) < 4.78 is 3.90. The van der Waals surface area contributed by atoms with Gasteiger partial charge in [-0.1, -0.05) is 36.5 Å². The lowest BCUT2D eigenvalue weighted by atomic mass is 10.1. The molecule has 0 aliphatic rings. The van der Waals surface area contributed by atoms with Crippen molar-refractivity contribution in [1.82, 2.24) is 14.0 Å². The predicted octanol–water partition coefficient (Wildman–Crippen LogP) is 2.64. The smallest absolute Gasteiger partial charge is 0.277 e. The highest BCUT2D eigenvalue weighted by Crippen LogP contribution is 2.27. The summed E-state index contributed by atoms with van der Waals surface area (Å²) in [6.07, 6.45) is 2.47. The fourth-order valence-electron chi connectivity index (χ4n) is 3.81. The SMILES string of the molecule is CCc1c(C)nc2s/c(=C\c3c(C)n(C)c4c(C)cccc34)c(=O)n2c1=O. The first-order valence-corrected chi connectivity index (χ1v) is 9.78. The molecular formula is C21H21N3O2S. The predicted molar refractivity (Wildman–Crippen MR) is 111 cm³/mol. The van der Waals surface area contributed by atoms with Crippen molar-refractivity contribution >= 4 is 33.3 Å². The molecular weight excluding hydrogens is 358 g/mol. The second-order valence-corrected chi connectivity index (χ2v) is 7.91. The molecule has 1 aromatic carbocycles. The van der Waals surface area contributed by atoms with Crippen molar-refractivity contribution in [2.45, 2.75) is 34.1 Å². The molecule has 138 valence electrons. The van der Waals surface area contributed by atoms with Gasteiger partial charge < -0.3 is 4.57 Å². The summed E-state index contributed by atoms with van der Waals surface area (Å²) in [5, 5.41) is 1.11. The average molecular weight is 379 g/mol. The molecule has 4 aromatic rings. The minimum atomic E-state index is -0.286. The van der Waals surface area contributed by atoms with Crippen LogP contribution in [0.4, 0.5) is 0 Å². The third-order valence-electron chi connectivity index (χ3n) is 5.35. The number of thiazole rings is 1. The van der Waals surface area contributed by atoms with Crippen LogP contribution in [-0.4, -0.2) is 14.0 Å². The van der Waals surface area contributed by atoms with Gasteiger partial charge in [0.25, 0.3) is 11.1 Å². The van der Waals surface area contributed by atoms with Gasteiger partial charge in [0, 0.05) is 34.9 Å². The second-order valence-electron chi connectivity index (χ2n) is 6.90. The van der Waals surface area contributed by atoms with Crippen LogP contribution < -0.4 is 15.7 Å². The zero-order chi connectivity index (χ0) is 19.5. The molecule has 0 N–H and O–H groups in total.